The van der Waals surface area contributed by atoms with Gasteiger partial charge in [0.15, 0.2) is 0 Å². The Morgan fingerprint density at radius 3 is 2.48 bits per heavy atom. The Morgan fingerprint density at radius 1 is 1.26 bits per heavy atom. The van der Waals surface area contributed by atoms with Crippen LogP contribution in [0.5, 0.6) is 11.5 Å². The van der Waals surface area contributed by atoms with Crippen LogP contribution in [0.15, 0.2) is 18.2 Å². The Balaban J connectivity index is 1.95. The first kappa shape index (κ1) is 17.1. The summed E-state index contributed by atoms with van der Waals surface area (Å²) in [7, 11) is 3.03. The predicted octanol–water partition coefficient (Wildman–Crippen LogP) is 0.681. The van der Waals surface area contributed by atoms with Crippen molar-refractivity contribution in [3.63, 3.8) is 0 Å². The number of hydrogen-bond donors (Lipinski definition) is 1. The summed E-state index contributed by atoms with van der Waals surface area (Å²) < 4.78 is 15.7. The molecule has 0 saturated carbocycles. The maximum atomic E-state index is 12.2. The lowest BCUT2D eigenvalue weighted by Crippen LogP contribution is -2.48. The van der Waals surface area contributed by atoms with Crippen LogP contribution in [0, 0.1) is 0 Å². The highest BCUT2D eigenvalue weighted by Crippen LogP contribution is 2.22. The normalized spacial score (nSPS) is 17.5. The van der Waals surface area contributed by atoms with Gasteiger partial charge in [0.2, 0.25) is 5.91 Å². The molecule has 23 heavy (non-hydrogen) atoms. The van der Waals surface area contributed by atoms with E-state index in [-0.39, 0.29) is 24.5 Å². The number of carbonyl (C=O) groups is 2. The van der Waals surface area contributed by atoms with Gasteiger partial charge in [-0.15, -0.1) is 0 Å². The third-order valence-electron chi connectivity index (χ3n) is 3.61. The van der Waals surface area contributed by atoms with E-state index in [4.69, 9.17) is 14.2 Å². The topological polar surface area (TPSA) is 77.1 Å². The van der Waals surface area contributed by atoms with Crippen LogP contribution in [-0.2, 0) is 9.53 Å². The van der Waals surface area contributed by atoms with E-state index in [0.717, 1.165) is 0 Å². The van der Waals surface area contributed by atoms with E-state index in [0.29, 0.717) is 36.8 Å². The van der Waals surface area contributed by atoms with E-state index in [1.807, 2.05) is 6.92 Å². The van der Waals surface area contributed by atoms with Gasteiger partial charge >= 0.3 is 0 Å². The molecule has 1 atom stereocenters. The molecular formula is C16H22N2O5. The Kier molecular flexibility index (Phi) is 5.81. The summed E-state index contributed by atoms with van der Waals surface area (Å²) in [6, 6.07) is 4.87. The average molecular weight is 322 g/mol. The zero-order valence-electron chi connectivity index (χ0n) is 13.6. The molecule has 1 aliphatic heterocycles. The molecule has 1 saturated heterocycles. The molecule has 0 radical (unpaired) electrons. The second-order valence-electron chi connectivity index (χ2n) is 5.31. The van der Waals surface area contributed by atoms with Crippen molar-refractivity contribution in [3.05, 3.63) is 23.8 Å². The van der Waals surface area contributed by atoms with E-state index >= 15 is 0 Å². The van der Waals surface area contributed by atoms with Gasteiger partial charge in [-0.2, -0.15) is 0 Å². The van der Waals surface area contributed by atoms with E-state index in [2.05, 4.69) is 5.32 Å². The fourth-order valence-corrected chi connectivity index (χ4v) is 2.35. The van der Waals surface area contributed by atoms with Gasteiger partial charge in [0.1, 0.15) is 11.5 Å². The largest absolute Gasteiger partial charge is 0.497 e. The highest BCUT2D eigenvalue weighted by atomic mass is 16.5. The summed E-state index contributed by atoms with van der Waals surface area (Å²) in [6.45, 7) is 3.48. The summed E-state index contributed by atoms with van der Waals surface area (Å²) in [5.74, 6) is 0.561. The summed E-state index contributed by atoms with van der Waals surface area (Å²) in [4.78, 5) is 26.0. The molecular weight excluding hydrogens is 300 g/mol. The Bertz CT molecular complexity index is 553. The Morgan fingerprint density at radius 2 is 1.91 bits per heavy atom. The van der Waals surface area contributed by atoms with Crippen molar-refractivity contribution < 1.29 is 23.8 Å². The molecule has 1 fully saturated rings. The van der Waals surface area contributed by atoms with Gasteiger partial charge < -0.3 is 24.4 Å². The summed E-state index contributed by atoms with van der Waals surface area (Å²) in [5.41, 5.74) is 0.379. The summed E-state index contributed by atoms with van der Waals surface area (Å²) >= 11 is 0. The van der Waals surface area contributed by atoms with Gasteiger partial charge in [0.05, 0.1) is 33.5 Å². The van der Waals surface area contributed by atoms with Crippen LogP contribution in [0.25, 0.3) is 0 Å². The van der Waals surface area contributed by atoms with Gasteiger partial charge in [-0.3, -0.25) is 9.59 Å². The highest BCUT2D eigenvalue weighted by molar-refractivity contribution is 5.97. The molecule has 0 bridgehead atoms. The number of morpholine rings is 1. The molecule has 0 spiro atoms. The minimum Gasteiger partial charge on any atom is -0.497 e. The first-order chi connectivity index (χ1) is 11.0. The maximum absolute atomic E-state index is 12.2. The SMILES string of the molecule is COc1cc(OC)cc(C(=O)NCC(=O)N2CCO[C@@H](C)C2)c1. The van der Waals surface area contributed by atoms with Gasteiger partial charge in [-0.05, 0) is 19.1 Å². The summed E-state index contributed by atoms with van der Waals surface area (Å²) in [5, 5.41) is 2.63. The van der Waals surface area contributed by atoms with Gasteiger partial charge in [0.25, 0.3) is 5.91 Å². The van der Waals surface area contributed by atoms with Gasteiger partial charge in [-0.25, -0.2) is 0 Å². The molecule has 2 amide bonds. The molecule has 1 aromatic carbocycles. The molecule has 0 aromatic heterocycles. The fraction of sp³-hybridized carbons (Fsp3) is 0.500. The van der Waals surface area contributed by atoms with Crippen LogP contribution in [0.3, 0.4) is 0 Å². The van der Waals surface area contributed by atoms with Crippen molar-refractivity contribution >= 4 is 11.8 Å². The lowest BCUT2D eigenvalue weighted by atomic mass is 10.2. The Labute approximate surface area is 135 Å². The monoisotopic (exact) mass is 322 g/mol. The number of methoxy groups -OCH3 is 2. The number of carbonyl (C=O) groups excluding carboxylic acids is 2. The van der Waals surface area contributed by atoms with Crippen molar-refractivity contribution in [1.29, 1.82) is 0 Å². The molecule has 7 heteroatoms. The van der Waals surface area contributed by atoms with Crippen molar-refractivity contribution in [3.8, 4) is 11.5 Å². The standard InChI is InChI=1S/C16H22N2O5/c1-11-10-18(4-5-23-11)15(19)9-17-16(20)12-6-13(21-2)8-14(7-12)22-3/h6-8,11H,4-5,9-10H2,1-3H3,(H,17,20)/t11-/m0/s1. The molecule has 1 aromatic rings. The van der Waals surface area contributed by atoms with E-state index in [9.17, 15) is 9.59 Å². The fourth-order valence-electron chi connectivity index (χ4n) is 2.35. The van der Waals surface area contributed by atoms with E-state index in [1.54, 1.807) is 23.1 Å². The lowest BCUT2D eigenvalue weighted by Gasteiger charge is -2.31. The zero-order valence-corrected chi connectivity index (χ0v) is 13.6. The minimum absolute atomic E-state index is 0.0195. The van der Waals surface area contributed by atoms with Crippen LogP contribution < -0.4 is 14.8 Å². The van der Waals surface area contributed by atoms with Crippen LogP contribution in [0.4, 0.5) is 0 Å². The van der Waals surface area contributed by atoms with Gasteiger partial charge in [-0.1, -0.05) is 0 Å². The highest BCUT2D eigenvalue weighted by Gasteiger charge is 2.21. The van der Waals surface area contributed by atoms with Crippen LogP contribution in [-0.4, -0.2) is 63.3 Å². The Hall–Kier alpha value is -2.28. The van der Waals surface area contributed by atoms with E-state index < -0.39 is 0 Å². The maximum Gasteiger partial charge on any atom is 0.251 e. The summed E-state index contributed by atoms with van der Waals surface area (Å²) in [6.07, 6.45) is 0.0195. The third kappa shape index (κ3) is 4.59. The molecule has 0 unspecified atom stereocenters. The smallest absolute Gasteiger partial charge is 0.251 e. The molecule has 1 aliphatic rings. The van der Waals surface area contributed by atoms with Crippen LogP contribution in [0.2, 0.25) is 0 Å². The number of nitrogens with one attached hydrogen (secondary N) is 1. The number of benzene rings is 1. The number of ether oxygens (including phenoxy) is 3. The third-order valence-corrected chi connectivity index (χ3v) is 3.61. The average Bonchev–Trinajstić information content (AvgIpc) is 2.58. The van der Waals surface area contributed by atoms with Crippen LogP contribution in [0.1, 0.15) is 17.3 Å². The number of nitrogens with zero attached hydrogens (tertiary/aromatic N) is 1. The lowest BCUT2D eigenvalue weighted by molar-refractivity contribution is -0.137. The van der Waals surface area contributed by atoms with E-state index in [1.165, 1.54) is 14.2 Å². The quantitative estimate of drug-likeness (QED) is 0.863. The molecule has 1 heterocycles. The molecule has 2 rings (SSSR count). The predicted molar refractivity (Wildman–Crippen MR) is 83.9 cm³/mol. The molecule has 126 valence electrons. The first-order valence-corrected chi connectivity index (χ1v) is 7.44. The second kappa shape index (κ2) is 7.82. The number of amides is 2. The van der Waals surface area contributed by atoms with Crippen LogP contribution >= 0.6 is 0 Å². The van der Waals surface area contributed by atoms with Gasteiger partial charge in [0, 0.05) is 24.7 Å². The number of hydrogen-bond acceptors (Lipinski definition) is 5. The second-order valence-corrected chi connectivity index (χ2v) is 5.31. The molecule has 0 aliphatic carbocycles. The first-order valence-electron chi connectivity index (χ1n) is 7.44. The van der Waals surface area contributed by atoms with Crippen molar-refractivity contribution in [2.24, 2.45) is 0 Å². The van der Waals surface area contributed by atoms with Crippen molar-refractivity contribution in [1.82, 2.24) is 10.2 Å². The minimum atomic E-state index is -0.350. The number of rotatable bonds is 5. The van der Waals surface area contributed by atoms with Crippen molar-refractivity contribution in [2.75, 3.05) is 40.5 Å². The molecule has 7 nitrogen and oxygen atoms in total. The van der Waals surface area contributed by atoms with Crippen molar-refractivity contribution in [2.45, 2.75) is 13.0 Å². The zero-order chi connectivity index (χ0) is 16.8. The molecule has 1 N–H and O–H groups in total.